The maximum absolute atomic E-state index is 12.6. The number of methoxy groups -OCH3 is 1. The first-order valence-corrected chi connectivity index (χ1v) is 9.82. The van der Waals surface area contributed by atoms with Gasteiger partial charge in [0.1, 0.15) is 5.75 Å². The first kappa shape index (κ1) is 17.7. The summed E-state index contributed by atoms with van der Waals surface area (Å²) >= 11 is 1.42. The molecule has 3 aromatic rings. The number of para-hydroxylation sites is 2. The van der Waals surface area contributed by atoms with Crippen molar-refractivity contribution in [3.05, 3.63) is 42.6 Å². The molecule has 0 bridgehead atoms. The van der Waals surface area contributed by atoms with Crippen molar-refractivity contribution in [2.75, 3.05) is 43.9 Å². The van der Waals surface area contributed by atoms with Crippen molar-refractivity contribution in [2.45, 2.75) is 5.16 Å². The Hall–Kier alpha value is -2.74. The van der Waals surface area contributed by atoms with Gasteiger partial charge in [-0.3, -0.25) is 4.79 Å². The maximum atomic E-state index is 12.6. The zero-order valence-electron chi connectivity index (χ0n) is 15.1. The molecule has 0 aliphatic carbocycles. The van der Waals surface area contributed by atoms with E-state index in [-0.39, 0.29) is 5.91 Å². The minimum Gasteiger partial charge on any atom is -0.495 e. The van der Waals surface area contributed by atoms with Crippen LogP contribution in [0.2, 0.25) is 0 Å². The molecular weight excluding hydrogens is 362 g/mol. The molecule has 1 N–H and O–H groups in total. The number of piperazine rings is 1. The molecule has 8 heteroatoms. The number of amides is 1. The van der Waals surface area contributed by atoms with Crippen LogP contribution in [0.4, 0.5) is 5.69 Å². The molecule has 2 aromatic heterocycles. The average molecular weight is 383 g/mol. The molecule has 0 unspecified atom stereocenters. The summed E-state index contributed by atoms with van der Waals surface area (Å²) < 4.78 is 5.44. The molecule has 0 spiro atoms. The standard InChI is InChI=1S/C19H21N5O2S/c1-26-16-7-3-2-6-15(16)23-9-11-24(12-10-23)17(25)13-27-19-21-14-5-4-8-20-18(14)22-19/h2-8H,9-13H2,1H3,(H,20,21,22). The van der Waals surface area contributed by atoms with Crippen LogP contribution in [-0.4, -0.2) is 64.8 Å². The van der Waals surface area contributed by atoms with Crippen LogP contribution in [0.5, 0.6) is 5.75 Å². The number of nitrogens with zero attached hydrogens (tertiary/aromatic N) is 4. The van der Waals surface area contributed by atoms with E-state index in [9.17, 15) is 4.79 Å². The van der Waals surface area contributed by atoms with Gasteiger partial charge in [-0.2, -0.15) is 0 Å². The number of thioether (sulfide) groups is 1. The van der Waals surface area contributed by atoms with Gasteiger partial charge in [-0.25, -0.2) is 9.97 Å². The number of anilines is 1. The molecule has 1 fully saturated rings. The molecule has 0 atom stereocenters. The third-order valence-corrected chi connectivity index (χ3v) is 5.48. The van der Waals surface area contributed by atoms with Crippen LogP contribution in [-0.2, 0) is 4.79 Å². The van der Waals surface area contributed by atoms with Gasteiger partial charge < -0.3 is 19.5 Å². The second kappa shape index (κ2) is 7.87. The number of pyridine rings is 1. The number of H-pyrrole nitrogens is 1. The van der Waals surface area contributed by atoms with Crippen LogP contribution in [0, 0.1) is 0 Å². The van der Waals surface area contributed by atoms with Gasteiger partial charge in [-0.15, -0.1) is 0 Å². The Labute approximate surface area is 161 Å². The number of aromatic amines is 1. The number of nitrogens with one attached hydrogen (secondary N) is 1. The van der Waals surface area contributed by atoms with Gasteiger partial charge >= 0.3 is 0 Å². The molecule has 1 aromatic carbocycles. The van der Waals surface area contributed by atoms with Crippen molar-refractivity contribution in [1.82, 2.24) is 19.9 Å². The molecule has 1 saturated heterocycles. The Morgan fingerprint density at radius 3 is 2.78 bits per heavy atom. The SMILES string of the molecule is COc1ccccc1N1CCN(C(=O)CSc2nc3ncccc3[nH]2)CC1. The van der Waals surface area contributed by atoms with Crippen LogP contribution in [0.25, 0.3) is 11.2 Å². The van der Waals surface area contributed by atoms with Crippen LogP contribution in [0.15, 0.2) is 47.8 Å². The van der Waals surface area contributed by atoms with Gasteiger partial charge in [0.05, 0.1) is 24.1 Å². The second-order valence-corrected chi connectivity index (χ2v) is 7.21. The third kappa shape index (κ3) is 3.85. The molecule has 0 radical (unpaired) electrons. The summed E-state index contributed by atoms with van der Waals surface area (Å²) in [7, 11) is 1.68. The predicted molar refractivity (Wildman–Crippen MR) is 106 cm³/mol. The van der Waals surface area contributed by atoms with Gasteiger partial charge in [0.25, 0.3) is 0 Å². The molecule has 1 amide bonds. The number of hydrogen-bond acceptors (Lipinski definition) is 6. The lowest BCUT2D eigenvalue weighted by Crippen LogP contribution is -2.49. The highest BCUT2D eigenvalue weighted by Crippen LogP contribution is 2.28. The topological polar surface area (TPSA) is 74.3 Å². The quantitative estimate of drug-likeness (QED) is 0.682. The van der Waals surface area contributed by atoms with Crippen LogP contribution in [0.3, 0.4) is 0 Å². The summed E-state index contributed by atoms with van der Waals surface area (Å²) in [6, 6.07) is 11.8. The Bertz CT molecular complexity index is 904. The number of carbonyl (C=O) groups is 1. The number of fused-ring (bicyclic) bond motifs is 1. The summed E-state index contributed by atoms with van der Waals surface area (Å²) in [5.41, 5.74) is 2.65. The minimum atomic E-state index is 0.132. The van der Waals surface area contributed by atoms with Crippen molar-refractivity contribution >= 4 is 34.5 Å². The molecule has 3 heterocycles. The molecule has 4 rings (SSSR count). The van der Waals surface area contributed by atoms with Crippen molar-refractivity contribution in [3.63, 3.8) is 0 Å². The number of imidazole rings is 1. The van der Waals surface area contributed by atoms with Gasteiger partial charge in [0.15, 0.2) is 10.8 Å². The van der Waals surface area contributed by atoms with E-state index in [0.29, 0.717) is 24.5 Å². The number of hydrogen-bond donors (Lipinski definition) is 1. The highest BCUT2D eigenvalue weighted by molar-refractivity contribution is 7.99. The van der Waals surface area contributed by atoms with E-state index in [2.05, 4.69) is 25.9 Å². The molecular formula is C19H21N5O2S. The predicted octanol–water partition coefficient (Wildman–Crippen LogP) is 2.41. The number of rotatable bonds is 5. The molecule has 7 nitrogen and oxygen atoms in total. The van der Waals surface area contributed by atoms with Crippen LogP contribution < -0.4 is 9.64 Å². The Balaban J connectivity index is 1.32. The van der Waals surface area contributed by atoms with E-state index in [0.717, 1.165) is 35.2 Å². The van der Waals surface area contributed by atoms with Gasteiger partial charge in [0.2, 0.25) is 5.91 Å². The summed E-state index contributed by atoms with van der Waals surface area (Å²) in [5.74, 6) is 1.37. The normalized spacial score (nSPS) is 14.6. The minimum absolute atomic E-state index is 0.132. The number of benzene rings is 1. The van der Waals surface area contributed by atoms with E-state index in [1.54, 1.807) is 13.3 Å². The van der Waals surface area contributed by atoms with E-state index in [4.69, 9.17) is 4.74 Å². The van der Waals surface area contributed by atoms with Crippen molar-refractivity contribution in [2.24, 2.45) is 0 Å². The molecule has 27 heavy (non-hydrogen) atoms. The zero-order valence-corrected chi connectivity index (χ0v) is 15.9. The lowest BCUT2D eigenvalue weighted by Gasteiger charge is -2.36. The Morgan fingerprint density at radius 2 is 2.00 bits per heavy atom. The first-order chi connectivity index (χ1) is 13.2. The molecule has 1 aliphatic rings. The largest absolute Gasteiger partial charge is 0.495 e. The van der Waals surface area contributed by atoms with Crippen molar-refractivity contribution in [3.8, 4) is 5.75 Å². The highest BCUT2D eigenvalue weighted by atomic mass is 32.2. The smallest absolute Gasteiger partial charge is 0.233 e. The van der Waals surface area contributed by atoms with E-state index in [1.807, 2.05) is 35.2 Å². The average Bonchev–Trinajstić information content (AvgIpc) is 3.15. The molecule has 140 valence electrons. The fourth-order valence-corrected chi connectivity index (χ4v) is 3.98. The summed E-state index contributed by atoms with van der Waals surface area (Å²) in [5, 5.41) is 0.727. The summed E-state index contributed by atoms with van der Waals surface area (Å²) in [6.07, 6.45) is 1.71. The van der Waals surface area contributed by atoms with Gasteiger partial charge in [-0.1, -0.05) is 23.9 Å². The molecule has 0 saturated carbocycles. The summed E-state index contributed by atoms with van der Waals surface area (Å²) in [6.45, 7) is 3.01. The van der Waals surface area contributed by atoms with Crippen molar-refractivity contribution in [1.29, 1.82) is 0 Å². The zero-order chi connectivity index (χ0) is 18.6. The van der Waals surface area contributed by atoms with E-state index in [1.165, 1.54) is 11.8 Å². The van der Waals surface area contributed by atoms with E-state index < -0.39 is 0 Å². The lowest BCUT2D eigenvalue weighted by molar-refractivity contribution is -0.128. The van der Waals surface area contributed by atoms with Gasteiger partial charge in [-0.05, 0) is 24.3 Å². The molecule has 1 aliphatic heterocycles. The number of ether oxygens (including phenoxy) is 1. The summed E-state index contributed by atoms with van der Waals surface area (Å²) in [4.78, 5) is 28.5. The Kier molecular flexibility index (Phi) is 5.15. The number of aromatic nitrogens is 3. The fraction of sp³-hybridized carbons (Fsp3) is 0.316. The highest BCUT2D eigenvalue weighted by Gasteiger charge is 2.23. The second-order valence-electron chi connectivity index (χ2n) is 6.24. The first-order valence-electron chi connectivity index (χ1n) is 8.84. The lowest BCUT2D eigenvalue weighted by atomic mass is 10.2. The number of carbonyl (C=O) groups excluding carboxylic acids is 1. The van der Waals surface area contributed by atoms with Crippen molar-refractivity contribution < 1.29 is 9.53 Å². The third-order valence-electron chi connectivity index (χ3n) is 4.63. The van der Waals surface area contributed by atoms with Gasteiger partial charge in [0, 0.05) is 32.4 Å². The monoisotopic (exact) mass is 383 g/mol. The fourth-order valence-electron chi connectivity index (χ4n) is 3.20. The Morgan fingerprint density at radius 1 is 1.19 bits per heavy atom. The maximum Gasteiger partial charge on any atom is 0.233 e. The van der Waals surface area contributed by atoms with Crippen LogP contribution in [0.1, 0.15) is 0 Å². The van der Waals surface area contributed by atoms with E-state index >= 15 is 0 Å². The van der Waals surface area contributed by atoms with Crippen LogP contribution >= 0.6 is 11.8 Å².